The van der Waals surface area contributed by atoms with E-state index in [9.17, 15) is 9.59 Å². The minimum Gasteiger partial charge on any atom is -0.350 e. The molecule has 0 fully saturated rings. The summed E-state index contributed by atoms with van der Waals surface area (Å²) in [5, 5.41) is 8.37. The Morgan fingerprint density at radius 3 is 2.63 bits per heavy atom. The first-order valence-electron chi connectivity index (χ1n) is 11.6. The molecule has 0 saturated heterocycles. The Balaban J connectivity index is 1.60. The standard InChI is InChI=1S/C25H28N8O2/c1-6-18-24(35)31(5)20-14-26-25(28-22(20)33(18)21-10-11-30(4)29-21)32-12-9-16-13-17(7-8-19(16)32)23(34)27-15(2)3/h7-15,18H,6H2,1-5H3,(H,27,34). The highest BCUT2D eigenvalue weighted by molar-refractivity contribution is 6.06. The maximum Gasteiger partial charge on any atom is 0.251 e. The zero-order valence-corrected chi connectivity index (χ0v) is 20.4. The number of anilines is 3. The van der Waals surface area contributed by atoms with Crippen molar-refractivity contribution in [3.8, 4) is 5.95 Å². The highest BCUT2D eigenvalue weighted by atomic mass is 16.2. The second-order valence-electron chi connectivity index (χ2n) is 9.01. The number of fused-ring (bicyclic) bond motifs is 2. The maximum atomic E-state index is 13.1. The van der Waals surface area contributed by atoms with Gasteiger partial charge in [0.25, 0.3) is 5.91 Å². The van der Waals surface area contributed by atoms with Crippen LogP contribution in [0.25, 0.3) is 16.9 Å². The zero-order chi connectivity index (χ0) is 24.9. The average molecular weight is 473 g/mol. The van der Waals surface area contributed by atoms with Gasteiger partial charge in [-0.25, -0.2) is 4.98 Å². The summed E-state index contributed by atoms with van der Waals surface area (Å²) in [4.78, 5) is 38.5. The molecule has 4 heterocycles. The van der Waals surface area contributed by atoms with E-state index < -0.39 is 6.04 Å². The van der Waals surface area contributed by atoms with Gasteiger partial charge in [0.05, 0.1) is 11.7 Å². The molecule has 3 aromatic heterocycles. The van der Waals surface area contributed by atoms with E-state index in [0.29, 0.717) is 35.3 Å². The quantitative estimate of drug-likeness (QED) is 0.479. The number of hydrogen-bond donors (Lipinski definition) is 1. The summed E-state index contributed by atoms with van der Waals surface area (Å²) in [6.07, 6.45) is 6.01. The van der Waals surface area contributed by atoms with E-state index in [4.69, 9.17) is 4.98 Å². The van der Waals surface area contributed by atoms with Crippen LogP contribution >= 0.6 is 0 Å². The molecule has 10 nitrogen and oxygen atoms in total. The summed E-state index contributed by atoms with van der Waals surface area (Å²) >= 11 is 0. The van der Waals surface area contributed by atoms with Crippen molar-refractivity contribution in [2.45, 2.75) is 39.3 Å². The van der Waals surface area contributed by atoms with Crippen molar-refractivity contribution in [3.05, 3.63) is 54.5 Å². The van der Waals surface area contributed by atoms with Crippen LogP contribution in [0.4, 0.5) is 17.3 Å². The minimum atomic E-state index is -0.423. The molecular weight excluding hydrogens is 444 g/mol. The first-order chi connectivity index (χ1) is 16.8. The van der Waals surface area contributed by atoms with E-state index in [0.717, 1.165) is 10.9 Å². The van der Waals surface area contributed by atoms with Crippen molar-refractivity contribution < 1.29 is 9.59 Å². The second kappa shape index (κ2) is 8.53. The molecule has 5 rings (SSSR count). The molecule has 1 aliphatic rings. The molecule has 2 amide bonds. The van der Waals surface area contributed by atoms with Crippen molar-refractivity contribution in [2.24, 2.45) is 7.05 Å². The van der Waals surface area contributed by atoms with Crippen LogP contribution in [0, 0.1) is 0 Å². The number of aromatic nitrogens is 5. The van der Waals surface area contributed by atoms with Gasteiger partial charge >= 0.3 is 0 Å². The number of aryl methyl sites for hydroxylation is 1. The van der Waals surface area contributed by atoms with Crippen molar-refractivity contribution >= 4 is 40.0 Å². The zero-order valence-electron chi connectivity index (χ0n) is 20.4. The molecule has 1 aliphatic heterocycles. The van der Waals surface area contributed by atoms with Crippen LogP contribution in [0.2, 0.25) is 0 Å². The van der Waals surface area contributed by atoms with Crippen LogP contribution in [0.1, 0.15) is 37.6 Å². The lowest BCUT2D eigenvalue weighted by Crippen LogP contribution is -2.50. The van der Waals surface area contributed by atoms with Gasteiger partial charge in [0.15, 0.2) is 11.6 Å². The molecule has 0 radical (unpaired) electrons. The minimum absolute atomic E-state index is 0.0272. The molecular formula is C25H28N8O2. The van der Waals surface area contributed by atoms with Gasteiger partial charge < -0.3 is 10.2 Å². The molecule has 35 heavy (non-hydrogen) atoms. The Morgan fingerprint density at radius 1 is 1.14 bits per heavy atom. The van der Waals surface area contributed by atoms with Gasteiger partial charge in [0.2, 0.25) is 11.9 Å². The number of carbonyl (C=O) groups excluding carboxylic acids is 2. The molecule has 1 unspecified atom stereocenters. The lowest BCUT2D eigenvalue weighted by atomic mass is 10.1. The second-order valence-corrected chi connectivity index (χ2v) is 9.01. The summed E-state index contributed by atoms with van der Waals surface area (Å²) < 4.78 is 3.59. The smallest absolute Gasteiger partial charge is 0.251 e. The van der Waals surface area contributed by atoms with Crippen LogP contribution in [0.5, 0.6) is 0 Å². The Labute approximate surface area is 203 Å². The Morgan fingerprint density at radius 2 is 1.94 bits per heavy atom. The summed E-state index contributed by atoms with van der Waals surface area (Å²) in [6, 6.07) is 9.01. The molecule has 0 saturated carbocycles. The maximum absolute atomic E-state index is 13.1. The molecule has 0 bridgehead atoms. The number of amides is 2. The molecule has 0 aliphatic carbocycles. The van der Waals surface area contributed by atoms with Gasteiger partial charge in [0, 0.05) is 49.5 Å². The molecule has 1 atom stereocenters. The average Bonchev–Trinajstić information content (AvgIpc) is 3.46. The fourth-order valence-corrected chi connectivity index (χ4v) is 4.45. The fourth-order valence-electron chi connectivity index (χ4n) is 4.45. The summed E-state index contributed by atoms with van der Waals surface area (Å²) in [5.74, 6) is 1.61. The Hall–Kier alpha value is -4.21. The number of nitrogens with zero attached hydrogens (tertiary/aromatic N) is 7. The van der Waals surface area contributed by atoms with Gasteiger partial charge in [-0.1, -0.05) is 6.92 Å². The lowest BCUT2D eigenvalue weighted by molar-refractivity contribution is -0.119. The third-order valence-corrected chi connectivity index (χ3v) is 6.17. The topological polar surface area (TPSA) is 101 Å². The normalized spacial score (nSPS) is 15.7. The van der Waals surface area contributed by atoms with E-state index in [1.54, 1.807) is 28.9 Å². The van der Waals surface area contributed by atoms with Crippen molar-refractivity contribution in [1.82, 2.24) is 29.6 Å². The van der Waals surface area contributed by atoms with Gasteiger partial charge in [-0.05, 0) is 44.5 Å². The van der Waals surface area contributed by atoms with Gasteiger partial charge in [-0.3, -0.25) is 23.7 Å². The van der Waals surface area contributed by atoms with Gasteiger partial charge in [-0.2, -0.15) is 10.1 Å². The van der Waals surface area contributed by atoms with Crippen molar-refractivity contribution in [1.29, 1.82) is 0 Å². The van der Waals surface area contributed by atoms with Crippen molar-refractivity contribution in [2.75, 3.05) is 16.8 Å². The van der Waals surface area contributed by atoms with Crippen LogP contribution in [0.3, 0.4) is 0 Å². The number of nitrogens with one attached hydrogen (secondary N) is 1. The lowest BCUT2D eigenvalue weighted by Gasteiger charge is -2.39. The number of carbonyl (C=O) groups is 2. The van der Waals surface area contributed by atoms with Crippen molar-refractivity contribution in [3.63, 3.8) is 0 Å². The number of rotatable bonds is 5. The van der Waals surface area contributed by atoms with E-state index in [-0.39, 0.29) is 17.9 Å². The first kappa shape index (κ1) is 22.6. The molecule has 1 aromatic carbocycles. The largest absolute Gasteiger partial charge is 0.350 e. The number of likely N-dealkylation sites (N-methyl/N-ethyl adjacent to an activating group) is 1. The molecule has 10 heteroatoms. The third-order valence-electron chi connectivity index (χ3n) is 6.17. The molecule has 180 valence electrons. The van der Waals surface area contributed by atoms with E-state index >= 15 is 0 Å². The van der Waals surface area contributed by atoms with E-state index in [1.807, 2.05) is 73.9 Å². The van der Waals surface area contributed by atoms with Crippen LogP contribution in [-0.2, 0) is 11.8 Å². The summed E-state index contributed by atoms with van der Waals surface area (Å²) in [5.41, 5.74) is 2.10. The highest BCUT2D eigenvalue weighted by Gasteiger charge is 2.39. The van der Waals surface area contributed by atoms with E-state index in [2.05, 4.69) is 15.4 Å². The summed E-state index contributed by atoms with van der Waals surface area (Å²) in [6.45, 7) is 5.84. The van der Waals surface area contributed by atoms with Crippen LogP contribution < -0.4 is 15.1 Å². The third kappa shape index (κ3) is 3.80. The Kier molecular flexibility index (Phi) is 5.50. The first-order valence-corrected chi connectivity index (χ1v) is 11.6. The van der Waals surface area contributed by atoms with Gasteiger partial charge in [-0.15, -0.1) is 0 Å². The predicted octanol–water partition coefficient (Wildman–Crippen LogP) is 3.19. The number of hydrogen-bond acceptors (Lipinski definition) is 6. The van der Waals surface area contributed by atoms with E-state index in [1.165, 1.54) is 0 Å². The van der Waals surface area contributed by atoms with Gasteiger partial charge in [0.1, 0.15) is 11.7 Å². The highest BCUT2D eigenvalue weighted by Crippen LogP contribution is 2.39. The monoisotopic (exact) mass is 472 g/mol. The molecule has 1 N–H and O–H groups in total. The summed E-state index contributed by atoms with van der Waals surface area (Å²) in [7, 11) is 3.59. The fraction of sp³-hybridized carbons (Fsp3) is 0.320. The van der Waals surface area contributed by atoms with Crippen LogP contribution in [-0.4, -0.2) is 55.3 Å². The molecule has 0 spiro atoms. The SMILES string of the molecule is CCC1C(=O)N(C)c2cnc(-n3ccc4cc(C(=O)NC(C)C)ccc43)nc2N1c1ccn(C)n1. The Bertz CT molecular complexity index is 1440. The number of benzene rings is 1. The van der Waals surface area contributed by atoms with Crippen LogP contribution in [0.15, 0.2) is 48.9 Å². The predicted molar refractivity (Wildman–Crippen MR) is 134 cm³/mol. The molecule has 4 aromatic rings.